The van der Waals surface area contributed by atoms with Crippen LogP contribution in [0, 0.1) is 11.8 Å². The predicted molar refractivity (Wildman–Crippen MR) is 117 cm³/mol. The fourth-order valence-corrected chi connectivity index (χ4v) is 4.57. The van der Waals surface area contributed by atoms with E-state index in [1.165, 1.54) is 24.6 Å². The van der Waals surface area contributed by atoms with Gasteiger partial charge in [0.2, 0.25) is 5.91 Å². The number of rotatable bonds is 8. The lowest BCUT2D eigenvalue weighted by molar-refractivity contribution is -0.120. The number of allylic oxidation sites excluding steroid dienone is 1. The highest BCUT2D eigenvalue weighted by atomic mass is 32.2. The highest BCUT2D eigenvalue weighted by molar-refractivity contribution is 7.99. The molecule has 1 fully saturated rings. The summed E-state index contributed by atoms with van der Waals surface area (Å²) in [5.41, 5.74) is 0.946. The van der Waals surface area contributed by atoms with Gasteiger partial charge in [0.25, 0.3) is 0 Å². The number of aromatic nitrogens is 3. The number of ether oxygens (including phenoxy) is 1. The molecule has 1 aliphatic rings. The van der Waals surface area contributed by atoms with Crippen LogP contribution in [0.15, 0.2) is 42.1 Å². The first kappa shape index (κ1) is 21.4. The Morgan fingerprint density at radius 3 is 2.76 bits per heavy atom. The molecule has 29 heavy (non-hydrogen) atoms. The summed E-state index contributed by atoms with van der Waals surface area (Å²) in [7, 11) is 1.64. The van der Waals surface area contributed by atoms with Crippen molar-refractivity contribution in [3.8, 4) is 17.1 Å². The van der Waals surface area contributed by atoms with Gasteiger partial charge in [0, 0.05) is 18.2 Å². The lowest BCUT2D eigenvalue weighted by atomic mass is 9.78. The molecule has 1 aromatic carbocycles. The number of nitrogens with one attached hydrogen (secondary N) is 1. The second-order valence-electron chi connectivity index (χ2n) is 7.66. The van der Waals surface area contributed by atoms with E-state index in [0.29, 0.717) is 24.1 Å². The van der Waals surface area contributed by atoms with E-state index in [1.54, 1.807) is 7.11 Å². The average Bonchev–Trinajstić information content (AvgIpc) is 3.13. The largest absolute Gasteiger partial charge is 0.497 e. The first-order chi connectivity index (χ1) is 14.0. The van der Waals surface area contributed by atoms with Crippen molar-refractivity contribution in [2.75, 3.05) is 12.9 Å². The molecule has 2 aromatic rings. The molecule has 0 aliphatic heterocycles. The van der Waals surface area contributed by atoms with Crippen molar-refractivity contribution in [1.29, 1.82) is 0 Å². The molecule has 7 heteroatoms. The van der Waals surface area contributed by atoms with E-state index < -0.39 is 0 Å². The molecule has 0 unspecified atom stereocenters. The molecule has 1 aliphatic carbocycles. The van der Waals surface area contributed by atoms with Crippen LogP contribution in [0.4, 0.5) is 0 Å². The van der Waals surface area contributed by atoms with Gasteiger partial charge in [-0.1, -0.05) is 44.5 Å². The molecule has 3 rings (SSSR count). The van der Waals surface area contributed by atoms with E-state index in [9.17, 15) is 4.79 Å². The zero-order valence-electron chi connectivity index (χ0n) is 17.4. The summed E-state index contributed by atoms with van der Waals surface area (Å²) in [6.45, 7) is 8.93. The molecule has 6 nitrogen and oxygen atoms in total. The second kappa shape index (κ2) is 9.96. The SMILES string of the molecule is C=CCn1c(SCC(=O)N[C@H]2CCC[C@@H](C)[C@H]2C)nnc1-c1ccc(OC)cc1. The first-order valence-corrected chi connectivity index (χ1v) is 11.1. The van der Waals surface area contributed by atoms with Gasteiger partial charge < -0.3 is 10.1 Å². The number of amides is 1. The molecule has 0 bridgehead atoms. The third kappa shape index (κ3) is 5.21. The lowest BCUT2D eigenvalue weighted by Crippen LogP contribution is -2.44. The van der Waals surface area contributed by atoms with Crippen LogP contribution in [-0.4, -0.2) is 39.6 Å². The predicted octanol–water partition coefficient (Wildman–Crippen LogP) is 4.17. The van der Waals surface area contributed by atoms with Crippen LogP contribution in [0.2, 0.25) is 0 Å². The summed E-state index contributed by atoms with van der Waals surface area (Å²) in [4.78, 5) is 12.5. The quantitative estimate of drug-likeness (QED) is 0.519. The van der Waals surface area contributed by atoms with Gasteiger partial charge in [0.05, 0.1) is 12.9 Å². The number of hydrogen-bond acceptors (Lipinski definition) is 5. The molecule has 156 valence electrons. The summed E-state index contributed by atoms with van der Waals surface area (Å²) in [5.74, 6) is 3.11. The van der Waals surface area contributed by atoms with E-state index in [1.807, 2.05) is 34.9 Å². The normalized spacial score (nSPS) is 21.6. The fourth-order valence-electron chi connectivity index (χ4n) is 3.81. The number of nitrogens with zero attached hydrogens (tertiary/aromatic N) is 3. The first-order valence-electron chi connectivity index (χ1n) is 10.1. The van der Waals surface area contributed by atoms with Gasteiger partial charge in [0.15, 0.2) is 11.0 Å². The van der Waals surface area contributed by atoms with Crippen LogP contribution >= 0.6 is 11.8 Å². The van der Waals surface area contributed by atoms with Crippen LogP contribution in [0.3, 0.4) is 0 Å². The van der Waals surface area contributed by atoms with Crippen molar-refractivity contribution in [3.63, 3.8) is 0 Å². The molecular weight excluding hydrogens is 384 g/mol. The van der Waals surface area contributed by atoms with Gasteiger partial charge in [-0.25, -0.2) is 0 Å². The van der Waals surface area contributed by atoms with Crippen LogP contribution < -0.4 is 10.1 Å². The Bertz CT molecular complexity index is 834. The number of methoxy groups -OCH3 is 1. The maximum atomic E-state index is 12.5. The van der Waals surface area contributed by atoms with Crippen molar-refractivity contribution in [2.24, 2.45) is 11.8 Å². The smallest absolute Gasteiger partial charge is 0.230 e. The molecule has 1 amide bonds. The number of carbonyl (C=O) groups excluding carboxylic acids is 1. The minimum Gasteiger partial charge on any atom is -0.497 e. The summed E-state index contributed by atoms with van der Waals surface area (Å²) >= 11 is 1.41. The monoisotopic (exact) mass is 414 g/mol. The van der Waals surface area contributed by atoms with Crippen molar-refractivity contribution in [2.45, 2.75) is 50.9 Å². The van der Waals surface area contributed by atoms with E-state index in [4.69, 9.17) is 4.74 Å². The Kier molecular flexibility index (Phi) is 7.36. The van der Waals surface area contributed by atoms with Gasteiger partial charge >= 0.3 is 0 Å². The number of hydrogen-bond donors (Lipinski definition) is 1. The Balaban J connectivity index is 1.66. The van der Waals surface area contributed by atoms with Crippen molar-refractivity contribution >= 4 is 17.7 Å². The van der Waals surface area contributed by atoms with Gasteiger partial charge in [-0.3, -0.25) is 9.36 Å². The maximum Gasteiger partial charge on any atom is 0.230 e. The molecule has 0 saturated heterocycles. The summed E-state index contributed by atoms with van der Waals surface area (Å²) < 4.78 is 7.21. The minimum absolute atomic E-state index is 0.0556. The van der Waals surface area contributed by atoms with Crippen molar-refractivity contribution in [1.82, 2.24) is 20.1 Å². The highest BCUT2D eigenvalue weighted by Gasteiger charge is 2.28. The Morgan fingerprint density at radius 2 is 2.07 bits per heavy atom. The van der Waals surface area contributed by atoms with Gasteiger partial charge in [-0.15, -0.1) is 16.8 Å². The third-order valence-electron chi connectivity index (χ3n) is 5.76. The summed E-state index contributed by atoms with van der Waals surface area (Å²) in [6.07, 6.45) is 5.31. The van der Waals surface area contributed by atoms with Gasteiger partial charge in [0.1, 0.15) is 5.75 Å². The zero-order valence-corrected chi connectivity index (χ0v) is 18.2. The van der Waals surface area contributed by atoms with E-state index in [-0.39, 0.29) is 11.9 Å². The van der Waals surface area contributed by atoms with Crippen LogP contribution in [0.1, 0.15) is 33.1 Å². The molecule has 1 heterocycles. The number of thioether (sulfide) groups is 1. The van der Waals surface area contributed by atoms with Crippen LogP contribution in [0.25, 0.3) is 11.4 Å². The third-order valence-corrected chi connectivity index (χ3v) is 6.73. The highest BCUT2D eigenvalue weighted by Crippen LogP contribution is 2.30. The Hall–Kier alpha value is -2.28. The van der Waals surface area contributed by atoms with Gasteiger partial charge in [-0.05, 0) is 42.5 Å². The zero-order chi connectivity index (χ0) is 20.8. The standard InChI is InChI=1S/C22H30N4O2S/c1-5-13-26-21(17-9-11-18(28-4)12-10-17)24-25-22(26)29-14-20(27)23-19-8-6-7-15(2)16(19)3/h5,9-12,15-16,19H,1,6-8,13-14H2,2-4H3,(H,23,27)/t15-,16-,19+/m1/s1. The topological polar surface area (TPSA) is 69.0 Å². The average molecular weight is 415 g/mol. The maximum absolute atomic E-state index is 12.5. The lowest BCUT2D eigenvalue weighted by Gasteiger charge is -2.34. The van der Waals surface area contributed by atoms with Crippen molar-refractivity contribution < 1.29 is 9.53 Å². The Morgan fingerprint density at radius 1 is 1.31 bits per heavy atom. The fraction of sp³-hybridized carbons (Fsp3) is 0.500. The second-order valence-corrected chi connectivity index (χ2v) is 8.61. The molecule has 0 radical (unpaired) electrons. The number of benzene rings is 1. The molecule has 1 N–H and O–H groups in total. The minimum atomic E-state index is 0.0556. The Labute approximate surface area is 177 Å². The van der Waals surface area contributed by atoms with Gasteiger partial charge in [-0.2, -0.15) is 0 Å². The van der Waals surface area contributed by atoms with E-state index >= 15 is 0 Å². The number of carbonyl (C=O) groups is 1. The molecule has 3 atom stereocenters. The molecule has 1 saturated carbocycles. The van der Waals surface area contributed by atoms with Crippen molar-refractivity contribution in [3.05, 3.63) is 36.9 Å². The molecule has 0 spiro atoms. The summed E-state index contributed by atoms with van der Waals surface area (Å²) in [5, 5.41) is 12.6. The van der Waals surface area contributed by atoms with E-state index in [2.05, 4.69) is 35.9 Å². The van der Waals surface area contributed by atoms with Crippen LogP contribution in [0.5, 0.6) is 5.75 Å². The molecule has 1 aromatic heterocycles. The molecular formula is C22H30N4O2S. The summed E-state index contributed by atoms with van der Waals surface area (Å²) in [6, 6.07) is 7.97. The van der Waals surface area contributed by atoms with Crippen LogP contribution in [-0.2, 0) is 11.3 Å². The van der Waals surface area contributed by atoms with E-state index in [0.717, 1.165) is 28.7 Å².